The van der Waals surface area contributed by atoms with Gasteiger partial charge in [-0.15, -0.1) is 12.4 Å². The topological polar surface area (TPSA) is 157 Å². The van der Waals surface area contributed by atoms with Gasteiger partial charge in [0.05, 0.1) is 36.3 Å². The molecule has 0 bridgehead atoms. The van der Waals surface area contributed by atoms with Crippen molar-refractivity contribution in [3.05, 3.63) is 64.3 Å². The first-order chi connectivity index (χ1) is 20.2. The molecule has 0 unspecified atom stereocenters. The molecule has 0 saturated heterocycles. The fourth-order valence-corrected chi connectivity index (χ4v) is 6.29. The highest BCUT2D eigenvalue weighted by atomic mass is 35.5. The van der Waals surface area contributed by atoms with E-state index in [1.54, 1.807) is 13.1 Å². The van der Waals surface area contributed by atoms with Gasteiger partial charge >= 0.3 is 13.8 Å². The number of ether oxygens (including phenoxy) is 1. The van der Waals surface area contributed by atoms with Crippen molar-refractivity contribution in [2.45, 2.75) is 56.6 Å². The van der Waals surface area contributed by atoms with Crippen LogP contribution in [0.1, 0.15) is 64.2 Å². The minimum absolute atomic E-state index is 0. The molecule has 5 rings (SSSR count). The first-order valence-electron chi connectivity index (χ1n) is 13.5. The molecule has 1 aliphatic heterocycles. The van der Waals surface area contributed by atoms with E-state index in [0.29, 0.717) is 31.1 Å². The monoisotopic (exact) mass is 657 g/mol. The predicted molar refractivity (Wildman–Crippen MR) is 159 cm³/mol. The summed E-state index contributed by atoms with van der Waals surface area (Å²) in [5.41, 5.74) is 1.58. The average molecular weight is 658 g/mol. The zero-order valence-electron chi connectivity index (χ0n) is 23.8. The van der Waals surface area contributed by atoms with Crippen LogP contribution in [0.2, 0.25) is 0 Å². The zero-order valence-corrected chi connectivity index (χ0v) is 25.5. The van der Waals surface area contributed by atoms with Crippen LogP contribution in [0.5, 0.6) is 5.75 Å². The lowest BCUT2D eigenvalue weighted by Gasteiger charge is -2.27. The smallest absolute Gasteiger partial charge is 0.421 e. The number of aliphatic hydroxyl groups is 1. The quantitative estimate of drug-likeness (QED) is 0.191. The van der Waals surface area contributed by atoms with E-state index in [1.165, 1.54) is 30.2 Å². The number of fused-ring (bicyclic) bond motifs is 1. The van der Waals surface area contributed by atoms with Crippen LogP contribution in [0.4, 0.5) is 36.3 Å². The lowest BCUT2D eigenvalue weighted by molar-refractivity contribution is -0.137. The molecule has 1 amide bonds. The van der Waals surface area contributed by atoms with Crippen LogP contribution in [0.25, 0.3) is 0 Å². The molecule has 2 heterocycles. The van der Waals surface area contributed by atoms with Crippen molar-refractivity contribution in [3.8, 4) is 5.75 Å². The number of nitrogens with zero attached hydrogens (tertiary/aromatic N) is 3. The van der Waals surface area contributed by atoms with Gasteiger partial charge in [-0.1, -0.05) is 12.1 Å². The van der Waals surface area contributed by atoms with E-state index >= 15 is 0 Å². The van der Waals surface area contributed by atoms with Crippen molar-refractivity contribution in [1.82, 2.24) is 14.9 Å². The van der Waals surface area contributed by atoms with Crippen molar-refractivity contribution < 1.29 is 42.2 Å². The van der Waals surface area contributed by atoms with E-state index in [9.17, 15) is 37.4 Å². The minimum atomic E-state index is -4.81. The summed E-state index contributed by atoms with van der Waals surface area (Å²) < 4.78 is 58.8. The number of anilines is 4. The fourth-order valence-electron chi connectivity index (χ4n) is 5.62. The molecule has 238 valence electrons. The first kappa shape index (κ1) is 33.5. The zero-order chi connectivity index (χ0) is 31.1. The number of amides is 1. The Morgan fingerprint density at radius 2 is 1.77 bits per heavy atom. The molecule has 1 aliphatic carbocycles. The highest BCUT2D eigenvalue weighted by Gasteiger charge is 2.37. The summed E-state index contributed by atoms with van der Waals surface area (Å²) in [7, 11) is -1.38. The molecule has 2 aromatic carbocycles. The van der Waals surface area contributed by atoms with Gasteiger partial charge in [0.15, 0.2) is 0 Å². The van der Waals surface area contributed by atoms with E-state index in [-0.39, 0.29) is 59.0 Å². The van der Waals surface area contributed by atoms with Gasteiger partial charge in [-0.05, 0) is 66.5 Å². The van der Waals surface area contributed by atoms with Crippen LogP contribution in [-0.4, -0.2) is 55.9 Å². The molecule has 3 aromatic rings. The van der Waals surface area contributed by atoms with E-state index in [0.717, 1.165) is 24.0 Å². The summed E-state index contributed by atoms with van der Waals surface area (Å²) in [6, 6.07) is 7.70. The molecule has 44 heavy (non-hydrogen) atoms. The third-order valence-corrected chi connectivity index (χ3v) is 8.47. The molecule has 1 aromatic heterocycles. The second kappa shape index (κ2) is 12.9. The van der Waals surface area contributed by atoms with Gasteiger partial charge in [-0.25, -0.2) is 4.98 Å². The lowest BCUT2D eigenvalue weighted by atomic mass is 9.80. The summed E-state index contributed by atoms with van der Waals surface area (Å²) in [5, 5.41) is 15.5. The van der Waals surface area contributed by atoms with E-state index in [2.05, 4.69) is 20.6 Å². The third kappa shape index (κ3) is 7.27. The molecule has 1 fully saturated rings. The summed E-state index contributed by atoms with van der Waals surface area (Å²) >= 11 is 0. The van der Waals surface area contributed by atoms with Gasteiger partial charge in [0.1, 0.15) is 17.1 Å². The van der Waals surface area contributed by atoms with Crippen molar-refractivity contribution in [1.29, 1.82) is 0 Å². The number of aliphatic hydroxyl groups excluding tert-OH is 1. The number of benzene rings is 2. The van der Waals surface area contributed by atoms with E-state index in [4.69, 9.17) is 4.74 Å². The van der Waals surface area contributed by atoms with Crippen LogP contribution in [0, 0.1) is 0 Å². The lowest BCUT2D eigenvalue weighted by Crippen LogP contribution is -2.18. The second-order valence-electron chi connectivity index (χ2n) is 10.8. The summed E-state index contributed by atoms with van der Waals surface area (Å²) in [4.78, 5) is 41.1. The molecule has 0 radical (unpaired) electrons. The van der Waals surface area contributed by atoms with Gasteiger partial charge in [0.25, 0.3) is 5.91 Å². The van der Waals surface area contributed by atoms with Gasteiger partial charge < -0.3 is 35.2 Å². The van der Waals surface area contributed by atoms with Gasteiger partial charge in [0, 0.05) is 19.8 Å². The maximum Gasteiger partial charge on any atom is 0.421 e. The number of halogens is 4. The highest BCUT2D eigenvalue weighted by molar-refractivity contribution is 7.50. The number of alkyl halides is 3. The summed E-state index contributed by atoms with van der Waals surface area (Å²) in [6.45, 7) is 0.318. The number of carbonyl (C=O) groups is 1. The Morgan fingerprint density at radius 3 is 2.41 bits per heavy atom. The predicted octanol–water partition coefficient (Wildman–Crippen LogP) is 5.69. The number of carbonyl (C=O) groups excluding carboxylic acids is 1. The molecular weight excluding hydrogens is 626 g/mol. The molecule has 2 aliphatic rings. The average Bonchev–Trinajstić information content (AvgIpc) is 3.23. The number of methoxy groups -OCH3 is 1. The first-order valence-corrected chi connectivity index (χ1v) is 15.3. The van der Waals surface area contributed by atoms with Crippen LogP contribution >= 0.6 is 20.0 Å². The van der Waals surface area contributed by atoms with Crippen molar-refractivity contribution >= 4 is 49.1 Å². The molecule has 1 saturated carbocycles. The Bertz CT molecular complexity index is 1600. The Morgan fingerprint density at radius 1 is 1.09 bits per heavy atom. The molecule has 0 atom stereocenters. The summed E-state index contributed by atoms with van der Waals surface area (Å²) in [5.74, 6) is -0.805. The number of rotatable bonds is 8. The molecule has 5 N–H and O–H groups in total. The largest absolute Gasteiger partial charge is 0.495 e. The van der Waals surface area contributed by atoms with Crippen LogP contribution < -0.4 is 15.4 Å². The number of nitrogens with one attached hydrogen (secondary N) is 2. The Kier molecular flexibility index (Phi) is 9.81. The number of hydrogen-bond acceptors (Lipinski definition) is 8. The molecule has 0 spiro atoms. The van der Waals surface area contributed by atoms with Crippen molar-refractivity contribution in [2.24, 2.45) is 0 Å². The van der Waals surface area contributed by atoms with E-state index in [1.807, 2.05) is 6.07 Å². The van der Waals surface area contributed by atoms with E-state index < -0.39 is 31.3 Å². The Balaban J connectivity index is 0.00000442. The maximum atomic E-state index is 14.0. The van der Waals surface area contributed by atoms with Crippen molar-refractivity contribution in [3.63, 3.8) is 0 Å². The SMILES string of the molecule is COc1cc(CP(=O)(O)O)ccc1Nc1ncc(C(F)(F)F)c(Nc2ccc([C@H]3CC[C@H](O)CC3)c3c2C(=O)N(C)C3)n1.Cl. The number of hydrogen-bond donors (Lipinski definition) is 5. The van der Waals surface area contributed by atoms with Gasteiger partial charge in [-0.2, -0.15) is 18.2 Å². The maximum absolute atomic E-state index is 14.0. The van der Waals surface area contributed by atoms with Crippen LogP contribution in [-0.2, 0) is 23.4 Å². The molecular formula is C28H32ClF3N5O6P. The van der Waals surface area contributed by atoms with Crippen molar-refractivity contribution in [2.75, 3.05) is 24.8 Å². The highest BCUT2D eigenvalue weighted by Crippen LogP contribution is 2.43. The summed E-state index contributed by atoms with van der Waals surface area (Å²) in [6.07, 6.45) is -2.26. The minimum Gasteiger partial charge on any atom is -0.495 e. The van der Waals surface area contributed by atoms with Crippen LogP contribution in [0.3, 0.4) is 0 Å². The van der Waals surface area contributed by atoms with Gasteiger partial charge in [-0.3, -0.25) is 9.36 Å². The fraction of sp³-hybridized carbons (Fsp3) is 0.393. The molecule has 11 nitrogen and oxygen atoms in total. The standard InChI is InChI=1S/C28H31F3N5O6P.ClH/c1-36-13-19-18(16-4-6-17(37)7-5-16)8-10-22(24(19)26(36)38)33-25-20(28(29,30)31)12-32-27(35-25)34-21-9-3-15(11-23(21)42-2)14-43(39,40)41;/h3,8-12,16-17,37H,4-7,13-14H2,1-2H3,(H2,39,40,41)(H2,32,33,34,35);1H/t16-,17-;. The second-order valence-corrected chi connectivity index (χ2v) is 12.4. The van der Waals surface area contributed by atoms with Gasteiger partial charge in [0.2, 0.25) is 5.95 Å². The third-order valence-electron chi connectivity index (χ3n) is 7.69. The Hall–Kier alpha value is -3.42. The number of aromatic nitrogens is 2. The van der Waals surface area contributed by atoms with Crippen LogP contribution in [0.15, 0.2) is 36.5 Å². The normalized spacial score (nSPS) is 18.5. The Labute approximate surface area is 257 Å². The molecule has 16 heteroatoms.